The Labute approximate surface area is 193 Å². The van der Waals surface area contributed by atoms with Crippen LogP contribution in [-0.4, -0.2) is 50.5 Å². The van der Waals surface area contributed by atoms with Crippen LogP contribution in [0.15, 0.2) is 57.8 Å². The maximum absolute atomic E-state index is 13.5. The van der Waals surface area contributed by atoms with E-state index in [4.69, 9.17) is 4.74 Å². The van der Waals surface area contributed by atoms with Crippen LogP contribution in [0.1, 0.15) is 25.8 Å². The van der Waals surface area contributed by atoms with Crippen LogP contribution in [0.25, 0.3) is 0 Å². The molecule has 33 heavy (non-hydrogen) atoms. The lowest BCUT2D eigenvalue weighted by Gasteiger charge is -2.24. The van der Waals surface area contributed by atoms with Gasteiger partial charge in [0, 0.05) is 19.0 Å². The number of Topliss-reactive ketones (excluding diaryl/α,β-unsaturated/α-hetero) is 1. The van der Waals surface area contributed by atoms with Crippen LogP contribution in [0.4, 0.5) is 5.69 Å². The fourth-order valence-corrected chi connectivity index (χ4v) is 5.33. The van der Waals surface area contributed by atoms with Gasteiger partial charge in [0.15, 0.2) is 11.7 Å². The number of sulfonamides is 1. The molecule has 1 amide bonds. The second-order valence-electron chi connectivity index (χ2n) is 8.69. The first-order chi connectivity index (χ1) is 15.7. The zero-order chi connectivity index (χ0) is 23.8. The molecule has 4 rings (SSSR count). The van der Waals surface area contributed by atoms with Gasteiger partial charge in [-0.2, -0.15) is 8.42 Å². The molecule has 1 N–H and O–H groups in total. The highest BCUT2D eigenvalue weighted by Crippen LogP contribution is 2.34. The van der Waals surface area contributed by atoms with Crippen LogP contribution in [0.2, 0.25) is 0 Å². The van der Waals surface area contributed by atoms with Crippen LogP contribution in [0, 0.1) is 11.8 Å². The lowest BCUT2D eigenvalue weighted by atomic mass is 9.97. The summed E-state index contributed by atoms with van der Waals surface area (Å²) < 4.78 is 34.7. The topological polar surface area (TPSA) is 105 Å². The first kappa shape index (κ1) is 23.0. The number of ether oxygens (including phenoxy) is 1. The number of hydrogen-bond acceptors (Lipinski definition) is 6. The Morgan fingerprint density at radius 1 is 1.12 bits per heavy atom. The number of amidine groups is 1. The molecular formula is C24H27N3O5S. The van der Waals surface area contributed by atoms with Crippen LogP contribution in [0.3, 0.4) is 0 Å². The Balaban J connectivity index is 1.69. The molecule has 9 heteroatoms. The molecule has 0 aliphatic carbocycles. The molecule has 174 valence electrons. The van der Waals surface area contributed by atoms with Gasteiger partial charge in [0.1, 0.15) is 16.5 Å². The fourth-order valence-electron chi connectivity index (χ4n) is 4.16. The number of fused-ring (bicyclic) bond motifs is 1. The molecule has 1 fully saturated rings. The van der Waals surface area contributed by atoms with Crippen molar-refractivity contribution in [2.45, 2.75) is 37.6 Å². The quantitative estimate of drug-likeness (QED) is 0.625. The average molecular weight is 470 g/mol. The minimum atomic E-state index is -4.11. The van der Waals surface area contributed by atoms with Crippen molar-refractivity contribution in [2.24, 2.45) is 16.2 Å². The van der Waals surface area contributed by atoms with Crippen molar-refractivity contribution in [3.8, 4) is 5.75 Å². The predicted molar refractivity (Wildman–Crippen MR) is 125 cm³/mol. The Hall–Kier alpha value is -3.20. The summed E-state index contributed by atoms with van der Waals surface area (Å²) in [6, 6.07) is 13.3. The van der Waals surface area contributed by atoms with Crippen molar-refractivity contribution < 1.29 is 22.7 Å². The summed E-state index contributed by atoms with van der Waals surface area (Å²) in [6.45, 7) is 4.53. The molecule has 2 heterocycles. The Morgan fingerprint density at radius 3 is 2.52 bits per heavy atom. The highest BCUT2D eigenvalue weighted by atomic mass is 32.2. The van der Waals surface area contributed by atoms with E-state index in [1.54, 1.807) is 17.0 Å². The van der Waals surface area contributed by atoms with E-state index in [1.165, 1.54) is 13.2 Å². The Kier molecular flexibility index (Phi) is 6.25. The molecule has 0 spiro atoms. The monoisotopic (exact) mass is 469 g/mol. The van der Waals surface area contributed by atoms with Crippen molar-refractivity contribution in [2.75, 3.05) is 19.0 Å². The Morgan fingerprint density at radius 2 is 1.85 bits per heavy atom. The summed E-state index contributed by atoms with van der Waals surface area (Å²) in [5, 5.41) is 2.92. The smallest absolute Gasteiger partial charge is 0.286 e. The second-order valence-corrected chi connectivity index (χ2v) is 10.3. The molecule has 0 aromatic heterocycles. The summed E-state index contributed by atoms with van der Waals surface area (Å²) in [7, 11) is -2.67. The number of carbonyl (C=O) groups excluding carboxylic acids is 2. The molecule has 0 saturated carbocycles. The van der Waals surface area contributed by atoms with Gasteiger partial charge in [-0.05, 0) is 30.0 Å². The number of ketones is 1. The number of carbonyl (C=O) groups is 2. The van der Waals surface area contributed by atoms with Gasteiger partial charge in [-0.3, -0.25) is 9.59 Å². The van der Waals surface area contributed by atoms with E-state index >= 15 is 0 Å². The predicted octanol–water partition coefficient (Wildman–Crippen LogP) is 2.89. The van der Waals surface area contributed by atoms with Crippen molar-refractivity contribution >= 4 is 33.2 Å². The van der Waals surface area contributed by atoms with Crippen LogP contribution < -0.4 is 10.1 Å². The van der Waals surface area contributed by atoms with E-state index in [0.717, 1.165) is 12.0 Å². The van der Waals surface area contributed by atoms with Crippen molar-refractivity contribution in [3.63, 3.8) is 0 Å². The first-order valence-electron chi connectivity index (χ1n) is 10.9. The molecule has 1 saturated heterocycles. The number of nitrogens with zero attached hydrogens (tertiary/aromatic N) is 2. The summed E-state index contributed by atoms with van der Waals surface area (Å²) >= 11 is 0. The van der Waals surface area contributed by atoms with E-state index in [-0.39, 0.29) is 22.2 Å². The van der Waals surface area contributed by atoms with Gasteiger partial charge >= 0.3 is 0 Å². The number of hydrogen-bond donors (Lipinski definition) is 1. The summed E-state index contributed by atoms with van der Waals surface area (Å²) in [4.78, 5) is 28.5. The van der Waals surface area contributed by atoms with E-state index < -0.39 is 27.9 Å². The minimum Gasteiger partial charge on any atom is -0.497 e. The molecular weight excluding hydrogens is 442 g/mol. The molecule has 2 aliphatic heterocycles. The van der Waals surface area contributed by atoms with Crippen molar-refractivity contribution in [1.29, 1.82) is 0 Å². The number of nitrogens with one attached hydrogen (secondary N) is 1. The zero-order valence-electron chi connectivity index (χ0n) is 18.8. The van der Waals surface area contributed by atoms with E-state index in [9.17, 15) is 18.0 Å². The SMILES string of the molecule is COc1ccc2c(c1)S(=O)(=O)N=C(C1C(=O)[C@H](Cc3ccccc3)N(CCC(C)C)C1=O)N2. The van der Waals surface area contributed by atoms with Crippen LogP contribution in [-0.2, 0) is 26.0 Å². The van der Waals surface area contributed by atoms with Gasteiger partial charge in [-0.15, -0.1) is 4.40 Å². The molecule has 2 aromatic rings. The third kappa shape index (κ3) is 4.50. The summed E-state index contributed by atoms with van der Waals surface area (Å²) in [5.74, 6) is -1.47. The first-order valence-corrected chi connectivity index (χ1v) is 12.3. The highest BCUT2D eigenvalue weighted by Gasteiger charge is 2.50. The summed E-state index contributed by atoms with van der Waals surface area (Å²) in [6.07, 6.45) is 1.10. The lowest BCUT2D eigenvalue weighted by Crippen LogP contribution is -2.38. The van der Waals surface area contributed by atoms with Gasteiger partial charge in [0.2, 0.25) is 5.91 Å². The number of rotatable bonds is 7. The maximum Gasteiger partial charge on any atom is 0.286 e. The molecule has 2 aliphatic rings. The van der Waals surface area contributed by atoms with E-state index in [0.29, 0.717) is 24.6 Å². The molecule has 0 bridgehead atoms. The van der Waals surface area contributed by atoms with Crippen molar-refractivity contribution in [3.05, 3.63) is 54.1 Å². The third-order valence-corrected chi connectivity index (χ3v) is 7.29. The molecule has 2 aromatic carbocycles. The lowest BCUT2D eigenvalue weighted by molar-refractivity contribution is -0.130. The molecule has 2 atom stereocenters. The molecule has 8 nitrogen and oxygen atoms in total. The van der Waals surface area contributed by atoms with Gasteiger partial charge in [0.05, 0.1) is 18.8 Å². The standard InChI is InChI=1S/C24H27N3O5S/c1-15(2)11-12-27-19(13-16-7-5-4-6-8-16)22(28)21(24(27)29)23-25-18-10-9-17(32-3)14-20(18)33(30,31)26-23/h4-10,14-15,19,21H,11-13H2,1-3H3,(H,25,26)/t19-,21?/m0/s1. The van der Waals surface area contributed by atoms with Crippen LogP contribution in [0.5, 0.6) is 5.75 Å². The fraction of sp³-hybridized carbons (Fsp3) is 0.375. The summed E-state index contributed by atoms with van der Waals surface area (Å²) in [5.41, 5.74) is 1.20. The second kappa shape index (κ2) is 8.97. The molecule has 0 radical (unpaired) electrons. The largest absolute Gasteiger partial charge is 0.497 e. The van der Waals surface area contributed by atoms with Crippen LogP contribution >= 0.6 is 0 Å². The van der Waals surface area contributed by atoms with Gasteiger partial charge in [-0.25, -0.2) is 0 Å². The molecule has 1 unspecified atom stereocenters. The Bertz CT molecular complexity index is 1210. The zero-order valence-corrected chi connectivity index (χ0v) is 19.6. The van der Waals surface area contributed by atoms with Gasteiger partial charge in [0.25, 0.3) is 10.0 Å². The number of methoxy groups -OCH3 is 1. The number of amides is 1. The van der Waals surface area contributed by atoms with Gasteiger partial charge < -0.3 is 15.0 Å². The van der Waals surface area contributed by atoms with Crippen molar-refractivity contribution in [1.82, 2.24) is 4.90 Å². The highest BCUT2D eigenvalue weighted by molar-refractivity contribution is 7.90. The number of likely N-dealkylation sites (tertiary alicyclic amines) is 1. The number of anilines is 1. The van der Waals surface area contributed by atoms with E-state index in [1.807, 2.05) is 30.3 Å². The van der Waals surface area contributed by atoms with Gasteiger partial charge in [-0.1, -0.05) is 44.2 Å². The maximum atomic E-state index is 13.5. The minimum absolute atomic E-state index is 0.0546. The van der Waals surface area contributed by atoms with E-state index in [2.05, 4.69) is 23.6 Å². The number of benzene rings is 2. The third-order valence-electron chi connectivity index (χ3n) is 5.96. The normalized spacial score (nSPS) is 21.6. The average Bonchev–Trinajstić information content (AvgIpc) is 3.01.